The summed E-state index contributed by atoms with van der Waals surface area (Å²) in [6.45, 7) is 0.189. The van der Waals surface area contributed by atoms with Gasteiger partial charge in [0.2, 0.25) is 5.78 Å². The summed E-state index contributed by atoms with van der Waals surface area (Å²) in [6, 6.07) is 5.35. The number of ether oxygens (including phenoxy) is 1. The van der Waals surface area contributed by atoms with Crippen LogP contribution in [0.5, 0.6) is 28.7 Å². The fraction of sp³-hybridized carbons (Fsp3) is 0.409. The molecule has 30 heavy (non-hydrogen) atoms. The first-order valence-corrected chi connectivity index (χ1v) is 10.1. The topological polar surface area (TPSA) is 139 Å². The van der Waals surface area contributed by atoms with Gasteiger partial charge in [-0.3, -0.25) is 4.79 Å². The number of hydrogen-bond acceptors (Lipinski definition) is 8. The van der Waals surface area contributed by atoms with Gasteiger partial charge in [-0.1, -0.05) is 25.3 Å². The van der Waals surface area contributed by atoms with Crippen LogP contribution in [0.1, 0.15) is 59.7 Å². The molecule has 6 N–H and O–H groups in total. The number of rotatable bonds is 4. The zero-order valence-electron chi connectivity index (χ0n) is 16.3. The number of Topliss-reactive ketones (excluding diaryl/α,β-unsaturated/α-hetero) is 1. The number of aliphatic hydroxyl groups excluding tert-OH is 1. The van der Waals surface area contributed by atoms with E-state index in [1.54, 1.807) is 0 Å². The summed E-state index contributed by atoms with van der Waals surface area (Å²) >= 11 is 0. The van der Waals surface area contributed by atoms with Gasteiger partial charge in [-0.05, 0) is 30.5 Å². The van der Waals surface area contributed by atoms with E-state index in [0.29, 0.717) is 0 Å². The fourth-order valence-corrected chi connectivity index (χ4v) is 4.19. The van der Waals surface area contributed by atoms with Crippen LogP contribution in [0.15, 0.2) is 24.3 Å². The van der Waals surface area contributed by atoms with Crippen molar-refractivity contribution in [3.05, 3.63) is 41.0 Å². The van der Waals surface area contributed by atoms with Crippen LogP contribution in [0.2, 0.25) is 0 Å². The quantitative estimate of drug-likeness (QED) is 0.419. The Labute approximate surface area is 173 Å². The van der Waals surface area contributed by atoms with Crippen LogP contribution < -0.4 is 10.1 Å². The van der Waals surface area contributed by atoms with Gasteiger partial charge in [0, 0.05) is 18.7 Å². The number of ketones is 1. The standard InChI is InChI=1S/C22H25NO7/c24-14-7-6-11(8-16(14)26)22-21(29)20(28)18-17(30-22)9-15(25)13(19(18)27)10-23-12-4-2-1-3-5-12/h6-9,12,21-27,29H,1-5,10H2. The first-order valence-electron chi connectivity index (χ1n) is 10.1. The number of aromatic hydroxyl groups is 4. The number of fused-ring (bicyclic) bond motifs is 1. The molecule has 0 aromatic heterocycles. The second-order valence-corrected chi connectivity index (χ2v) is 7.91. The van der Waals surface area contributed by atoms with Gasteiger partial charge in [-0.2, -0.15) is 0 Å². The molecule has 8 heteroatoms. The zero-order chi connectivity index (χ0) is 21.4. The molecule has 0 bridgehead atoms. The second-order valence-electron chi connectivity index (χ2n) is 7.91. The molecule has 0 radical (unpaired) electrons. The largest absolute Gasteiger partial charge is 0.507 e. The summed E-state index contributed by atoms with van der Waals surface area (Å²) in [5.74, 6) is -2.20. The van der Waals surface area contributed by atoms with E-state index in [0.717, 1.165) is 25.7 Å². The molecule has 2 atom stereocenters. The molecule has 1 saturated carbocycles. The number of phenolic OH excluding ortho intramolecular Hbond substituents is 4. The van der Waals surface area contributed by atoms with Crippen molar-refractivity contribution in [1.29, 1.82) is 0 Å². The number of benzene rings is 2. The van der Waals surface area contributed by atoms with Gasteiger partial charge in [0.15, 0.2) is 23.7 Å². The third kappa shape index (κ3) is 3.64. The Bertz CT molecular complexity index is 968. The summed E-state index contributed by atoms with van der Waals surface area (Å²) < 4.78 is 5.70. The zero-order valence-corrected chi connectivity index (χ0v) is 16.3. The number of nitrogens with one attached hydrogen (secondary N) is 1. The first kappa shape index (κ1) is 20.3. The maximum Gasteiger partial charge on any atom is 0.202 e. The molecule has 160 valence electrons. The van der Waals surface area contributed by atoms with Gasteiger partial charge in [-0.25, -0.2) is 0 Å². The highest BCUT2D eigenvalue weighted by atomic mass is 16.5. The van der Waals surface area contributed by atoms with Crippen LogP contribution in [-0.4, -0.2) is 43.5 Å². The van der Waals surface area contributed by atoms with Crippen LogP contribution >= 0.6 is 0 Å². The Morgan fingerprint density at radius 3 is 2.40 bits per heavy atom. The molecule has 0 spiro atoms. The minimum Gasteiger partial charge on any atom is -0.507 e. The summed E-state index contributed by atoms with van der Waals surface area (Å²) in [4.78, 5) is 12.8. The van der Waals surface area contributed by atoms with E-state index in [4.69, 9.17) is 4.74 Å². The van der Waals surface area contributed by atoms with Gasteiger partial charge >= 0.3 is 0 Å². The van der Waals surface area contributed by atoms with Crippen molar-refractivity contribution >= 4 is 5.78 Å². The molecule has 2 unspecified atom stereocenters. The SMILES string of the molecule is O=C1c2c(cc(O)c(CNC3CCCCC3)c2O)OC(c2ccc(O)c(O)c2)C1O. The van der Waals surface area contributed by atoms with E-state index in [1.165, 1.54) is 30.7 Å². The average Bonchev–Trinajstić information content (AvgIpc) is 2.73. The van der Waals surface area contributed by atoms with Crippen molar-refractivity contribution in [1.82, 2.24) is 5.32 Å². The lowest BCUT2D eigenvalue weighted by molar-refractivity contribution is 0.0209. The van der Waals surface area contributed by atoms with E-state index < -0.39 is 29.5 Å². The highest BCUT2D eigenvalue weighted by Gasteiger charge is 2.40. The average molecular weight is 415 g/mol. The predicted molar refractivity (Wildman–Crippen MR) is 107 cm³/mol. The van der Waals surface area contributed by atoms with Gasteiger partial charge in [-0.15, -0.1) is 0 Å². The molecule has 0 saturated heterocycles. The predicted octanol–water partition coefficient (Wildman–Crippen LogP) is 2.61. The van der Waals surface area contributed by atoms with Crippen molar-refractivity contribution in [3.63, 3.8) is 0 Å². The van der Waals surface area contributed by atoms with E-state index in [2.05, 4.69) is 5.32 Å². The molecular formula is C22H25NO7. The highest BCUT2D eigenvalue weighted by molar-refractivity contribution is 6.06. The summed E-state index contributed by atoms with van der Waals surface area (Å²) in [5, 5.41) is 54.1. The minimum atomic E-state index is -1.63. The smallest absolute Gasteiger partial charge is 0.202 e. The molecule has 1 aliphatic carbocycles. The lowest BCUT2D eigenvalue weighted by Crippen LogP contribution is -2.36. The third-order valence-electron chi connectivity index (χ3n) is 5.90. The van der Waals surface area contributed by atoms with Crippen LogP contribution in [0.25, 0.3) is 0 Å². The summed E-state index contributed by atoms with van der Waals surface area (Å²) in [6.07, 6.45) is 2.72. The number of aliphatic hydroxyl groups is 1. The second kappa shape index (κ2) is 8.04. The Morgan fingerprint density at radius 2 is 1.70 bits per heavy atom. The third-order valence-corrected chi connectivity index (χ3v) is 5.90. The van der Waals surface area contributed by atoms with Crippen LogP contribution in [0.3, 0.4) is 0 Å². The number of hydrogen-bond donors (Lipinski definition) is 6. The van der Waals surface area contributed by atoms with Crippen LogP contribution in [0.4, 0.5) is 0 Å². The molecule has 0 amide bonds. The van der Waals surface area contributed by atoms with Crippen molar-refractivity contribution in [3.8, 4) is 28.7 Å². The van der Waals surface area contributed by atoms with Gasteiger partial charge in [0.1, 0.15) is 22.8 Å². The molecule has 2 aromatic rings. The maximum absolute atomic E-state index is 12.8. The Morgan fingerprint density at radius 1 is 0.967 bits per heavy atom. The van der Waals surface area contributed by atoms with E-state index >= 15 is 0 Å². The first-order chi connectivity index (χ1) is 14.4. The van der Waals surface area contributed by atoms with E-state index in [1.807, 2.05) is 0 Å². The summed E-state index contributed by atoms with van der Waals surface area (Å²) in [7, 11) is 0. The Kier molecular flexibility index (Phi) is 5.44. The normalized spacial score (nSPS) is 21.8. The molecular weight excluding hydrogens is 390 g/mol. The monoisotopic (exact) mass is 415 g/mol. The number of phenols is 4. The Balaban J connectivity index is 1.62. The van der Waals surface area contributed by atoms with E-state index in [9.17, 15) is 30.3 Å². The molecule has 1 aliphatic heterocycles. The van der Waals surface area contributed by atoms with Gasteiger partial charge in [0.25, 0.3) is 0 Å². The van der Waals surface area contributed by atoms with Gasteiger partial charge in [0.05, 0.1) is 5.56 Å². The lowest BCUT2D eigenvalue weighted by Gasteiger charge is -2.31. The van der Waals surface area contributed by atoms with Crippen molar-refractivity contribution in [2.45, 2.75) is 56.9 Å². The maximum atomic E-state index is 12.8. The summed E-state index contributed by atoms with van der Waals surface area (Å²) in [5.41, 5.74) is 0.267. The lowest BCUT2D eigenvalue weighted by atomic mass is 9.91. The fourth-order valence-electron chi connectivity index (χ4n) is 4.19. The molecule has 2 aliphatic rings. The highest BCUT2D eigenvalue weighted by Crippen LogP contribution is 2.45. The number of carbonyl (C=O) groups excluding carboxylic acids is 1. The molecule has 2 aromatic carbocycles. The van der Waals surface area contributed by atoms with Gasteiger partial charge < -0.3 is 35.6 Å². The Hall–Kier alpha value is -2.97. The number of carbonyl (C=O) groups is 1. The molecule has 1 fully saturated rings. The van der Waals surface area contributed by atoms with Crippen molar-refractivity contribution in [2.24, 2.45) is 0 Å². The van der Waals surface area contributed by atoms with Crippen LogP contribution in [-0.2, 0) is 6.54 Å². The molecule has 4 rings (SSSR count). The molecule has 1 heterocycles. The van der Waals surface area contributed by atoms with Crippen molar-refractivity contribution in [2.75, 3.05) is 0 Å². The van der Waals surface area contributed by atoms with Crippen LogP contribution in [0, 0.1) is 0 Å². The molecule has 8 nitrogen and oxygen atoms in total. The van der Waals surface area contributed by atoms with E-state index in [-0.39, 0.29) is 46.5 Å². The van der Waals surface area contributed by atoms with Crippen molar-refractivity contribution < 1.29 is 35.1 Å². The minimum absolute atomic E-state index is 0.0562.